The third-order valence-electron chi connectivity index (χ3n) is 6.11. The number of nitrogens with zero attached hydrogens (tertiary/aromatic N) is 3. The molecule has 0 N–H and O–H groups in total. The van der Waals surface area contributed by atoms with Crippen LogP contribution in [0.2, 0.25) is 5.02 Å². The topological polar surface area (TPSA) is 118 Å². The molecule has 1 aliphatic heterocycles. The number of hydrazine groups is 1. The predicted octanol–water partition coefficient (Wildman–Crippen LogP) is 3.69. The monoisotopic (exact) mass is 481 g/mol. The van der Waals surface area contributed by atoms with Gasteiger partial charge in [0.2, 0.25) is 0 Å². The highest BCUT2D eigenvalue weighted by atomic mass is 35.5. The molecule has 0 unspecified atom stereocenters. The lowest BCUT2D eigenvalue weighted by molar-refractivity contribution is -0.384. The summed E-state index contributed by atoms with van der Waals surface area (Å²) in [5.74, 6) is -3.85. The molecule has 2 aromatic carbocycles. The minimum atomic E-state index is -0.793. The predicted molar refractivity (Wildman–Crippen MR) is 122 cm³/mol. The van der Waals surface area contributed by atoms with E-state index in [-0.39, 0.29) is 22.7 Å². The van der Waals surface area contributed by atoms with Crippen LogP contribution in [0.15, 0.2) is 60.7 Å². The van der Waals surface area contributed by atoms with Crippen LogP contribution in [-0.4, -0.2) is 45.0 Å². The number of rotatable bonds is 6. The van der Waals surface area contributed by atoms with Gasteiger partial charge in [0.15, 0.2) is 5.78 Å². The van der Waals surface area contributed by atoms with E-state index in [2.05, 4.69) is 0 Å². The molecule has 1 heterocycles. The molecule has 0 aromatic heterocycles. The van der Waals surface area contributed by atoms with Crippen LogP contribution in [0.1, 0.15) is 34.1 Å². The lowest BCUT2D eigenvalue weighted by Crippen LogP contribution is -2.52. The second-order valence-corrected chi connectivity index (χ2v) is 8.68. The fourth-order valence-corrected chi connectivity index (χ4v) is 4.47. The zero-order chi connectivity index (χ0) is 24.6. The Kier molecular flexibility index (Phi) is 6.30. The van der Waals surface area contributed by atoms with Crippen molar-refractivity contribution in [3.63, 3.8) is 0 Å². The molecule has 0 bridgehead atoms. The highest BCUT2D eigenvalue weighted by Crippen LogP contribution is 2.39. The molecule has 0 radical (unpaired) electrons. The van der Waals surface area contributed by atoms with Gasteiger partial charge in [-0.25, -0.2) is 5.01 Å². The first-order valence-corrected chi connectivity index (χ1v) is 11.0. The van der Waals surface area contributed by atoms with E-state index in [1.807, 2.05) is 19.1 Å². The first kappa shape index (κ1) is 23.3. The molecule has 1 aliphatic carbocycles. The van der Waals surface area contributed by atoms with Gasteiger partial charge in [0.05, 0.1) is 16.8 Å². The van der Waals surface area contributed by atoms with Crippen LogP contribution in [-0.2, 0) is 9.59 Å². The maximum Gasteiger partial charge on any atom is 0.273 e. The van der Waals surface area contributed by atoms with Crippen molar-refractivity contribution < 1.29 is 24.1 Å². The number of nitro groups is 1. The summed E-state index contributed by atoms with van der Waals surface area (Å²) in [4.78, 5) is 63.3. The number of amides is 3. The molecule has 10 heteroatoms. The third kappa shape index (κ3) is 4.22. The lowest BCUT2D eigenvalue weighted by atomic mass is 9.78. The molecule has 9 nitrogen and oxygen atoms in total. The summed E-state index contributed by atoms with van der Waals surface area (Å²) < 4.78 is 0. The van der Waals surface area contributed by atoms with Crippen molar-refractivity contribution in [3.05, 3.63) is 86.9 Å². The number of imide groups is 1. The fraction of sp³-hybridized carbons (Fsp3) is 0.250. The molecule has 1 fully saturated rings. The Morgan fingerprint density at radius 3 is 2.26 bits per heavy atom. The van der Waals surface area contributed by atoms with Crippen LogP contribution in [0.5, 0.6) is 0 Å². The number of allylic oxidation sites excluding steroid dienone is 2. The molecule has 174 valence electrons. The largest absolute Gasteiger partial charge is 0.292 e. The SMILES string of the molecule is C[C@@H]1C=CC[C@@H]2C(=O)N(N(CC(=O)c3ccc(Cl)cc3)C(=O)c3ccc([N+](=O)[O-])cc3)C(=O)[C@H]12. The molecule has 1 saturated heterocycles. The molecule has 34 heavy (non-hydrogen) atoms. The van der Waals surface area contributed by atoms with Gasteiger partial charge in [-0.05, 0) is 48.7 Å². The molecule has 0 saturated carbocycles. The molecular weight excluding hydrogens is 462 g/mol. The quantitative estimate of drug-likeness (QED) is 0.204. The summed E-state index contributed by atoms with van der Waals surface area (Å²) in [6.45, 7) is 1.25. The van der Waals surface area contributed by atoms with Gasteiger partial charge >= 0.3 is 0 Å². The summed E-state index contributed by atoms with van der Waals surface area (Å²) in [7, 11) is 0. The van der Waals surface area contributed by atoms with Crippen molar-refractivity contribution >= 4 is 40.8 Å². The maximum absolute atomic E-state index is 13.4. The van der Waals surface area contributed by atoms with Gasteiger partial charge in [0, 0.05) is 28.3 Å². The highest BCUT2D eigenvalue weighted by Gasteiger charge is 2.53. The van der Waals surface area contributed by atoms with Gasteiger partial charge in [-0.1, -0.05) is 30.7 Å². The number of carbonyl (C=O) groups excluding carboxylic acids is 4. The number of hydrogen-bond acceptors (Lipinski definition) is 6. The number of benzene rings is 2. The summed E-state index contributed by atoms with van der Waals surface area (Å²) >= 11 is 5.89. The third-order valence-corrected chi connectivity index (χ3v) is 6.36. The average Bonchev–Trinajstić information content (AvgIpc) is 3.08. The Hall–Kier alpha value is -3.85. The van der Waals surface area contributed by atoms with Crippen LogP contribution >= 0.6 is 11.6 Å². The van der Waals surface area contributed by atoms with E-state index in [0.717, 1.165) is 22.2 Å². The zero-order valence-electron chi connectivity index (χ0n) is 18.1. The number of halogens is 1. The zero-order valence-corrected chi connectivity index (χ0v) is 18.8. The van der Waals surface area contributed by atoms with Crippen LogP contribution in [0.25, 0.3) is 0 Å². The average molecular weight is 482 g/mol. The van der Waals surface area contributed by atoms with Gasteiger partial charge in [-0.15, -0.1) is 0 Å². The van der Waals surface area contributed by atoms with Crippen LogP contribution < -0.4 is 0 Å². The standard InChI is InChI=1S/C24H20ClN3O6/c1-14-3-2-4-19-21(14)24(32)27(23(19)31)26(13-20(29)15-5-9-17(25)10-6-15)22(30)16-7-11-18(12-8-16)28(33)34/h2-3,5-12,14,19,21H,4,13H2,1H3/t14-,19+,21-/m1/s1. The van der Waals surface area contributed by atoms with Crippen LogP contribution in [0, 0.1) is 27.9 Å². The van der Waals surface area contributed by atoms with Gasteiger partial charge in [0.1, 0.15) is 6.54 Å². The summed E-state index contributed by atoms with van der Waals surface area (Å²) in [5, 5.41) is 13.0. The molecule has 3 amide bonds. The summed E-state index contributed by atoms with van der Waals surface area (Å²) in [5.41, 5.74) is 0.0215. The van der Waals surface area contributed by atoms with Gasteiger partial charge in [-0.3, -0.25) is 29.3 Å². The van der Waals surface area contributed by atoms with Crippen molar-refractivity contribution in [2.45, 2.75) is 13.3 Å². The van der Waals surface area contributed by atoms with Crippen molar-refractivity contribution in [3.8, 4) is 0 Å². The van der Waals surface area contributed by atoms with Crippen molar-refractivity contribution in [2.24, 2.45) is 17.8 Å². The normalized spacial score (nSPS) is 21.4. The Bertz CT molecular complexity index is 1210. The van der Waals surface area contributed by atoms with E-state index >= 15 is 0 Å². The van der Waals surface area contributed by atoms with E-state index in [0.29, 0.717) is 11.4 Å². The van der Waals surface area contributed by atoms with E-state index < -0.39 is 46.8 Å². The Labute approximate surface area is 199 Å². The molecule has 2 aliphatic rings. The molecular formula is C24H20ClN3O6. The smallest absolute Gasteiger partial charge is 0.273 e. The summed E-state index contributed by atoms with van der Waals surface area (Å²) in [6, 6.07) is 10.7. The number of non-ortho nitro benzene ring substituents is 1. The van der Waals surface area contributed by atoms with Gasteiger partial charge in [-0.2, -0.15) is 5.01 Å². The number of hydrogen-bond donors (Lipinski definition) is 0. The van der Waals surface area contributed by atoms with E-state index in [1.165, 1.54) is 36.4 Å². The Morgan fingerprint density at radius 1 is 1.06 bits per heavy atom. The van der Waals surface area contributed by atoms with Crippen molar-refractivity contribution in [1.82, 2.24) is 10.0 Å². The molecule has 3 atom stereocenters. The van der Waals surface area contributed by atoms with Crippen LogP contribution in [0.3, 0.4) is 0 Å². The lowest BCUT2D eigenvalue weighted by Gasteiger charge is -2.30. The van der Waals surface area contributed by atoms with E-state index in [9.17, 15) is 29.3 Å². The number of ketones is 1. The Balaban J connectivity index is 1.70. The second-order valence-electron chi connectivity index (χ2n) is 8.24. The molecule has 0 spiro atoms. The Morgan fingerprint density at radius 2 is 1.68 bits per heavy atom. The van der Waals surface area contributed by atoms with Gasteiger partial charge in [0.25, 0.3) is 23.4 Å². The minimum Gasteiger partial charge on any atom is -0.292 e. The fourth-order valence-electron chi connectivity index (χ4n) is 4.34. The van der Waals surface area contributed by atoms with E-state index in [1.54, 1.807) is 0 Å². The van der Waals surface area contributed by atoms with Gasteiger partial charge < -0.3 is 0 Å². The highest BCUT2D eigenvalue weighted by molar-refractivity contribution is 6.30. The maximum atomic E-state index is 13.4. The van der Waals surface area contributed by atoms with E-state index in [4.69, 9.17) is 11.6 Å². The second kappa shape index (κ2) is 9.18. The number of carbonyl (C=O) groups is 4. The van der Waals surface area contributed by atoms with Crippen molar-refractivity contribution in [2.75, 3.05) is 6.54 Å². The molecule has 4 rings (SSSR count). The number of nitro benzene ring substituents is 1. The molecule has 2 aromatic rings. The number of fused-ring (bicyclic) bond motifs is 1. The first-order valence-electron chi connectivity index (χ1n) is 10.6. The number of Topliss-reactive ketones (excluding diaryl/α,β-unsaturated/α-hetero) is 1. The van der Waals surface area contributed by atoms with Crippen LogP contribution in [0.4, 0.5) is 5.69 Å². The minimum absolute atomic E-state index is 0.00356. The first-order chi connectivity index (χ1) is 16.2. The van der Waals surface area contributed by atoms with Crippen molar-refractivity contribution in [1.29, 1.82) is 0 Å². The summed E-state index contributed by atoms with van der Waals surface area (Å²) in [6.07, 6.45) is 4.06.